The van der Waals surface area contributed by atoms with Crippen molar-refractivity contribution in [3.05, 3.63) is 80.6 Å². The predicted octanol–water partition coefficient (Wildman–Crippen LogP) is 4.59. The fourth-order valence-electron chi connectivity index (χ4n) is 3.62. The lowest BCUT2D eigenvalue weighted by Crippen LogP contribution is -2.23. The molecule has 7 heteroatoms. The number of para-hydroxylation sites is 1. The highest BCUT2D eigenvalue weighted by molar-refractivity contribution is 7.98. The maximum absolute atomic E-state index is 13.1. The minimum Gasteiger partial charge on any atom is -0.287 e. The minimum absolute atomic E-state index is 0.00763. The Morgan fingerprint density at radius 1 is 1.00 bits per heavy atom. The van der Waals surface area contributed by atoms with Gasteiger partial charge in [0.2, 0.25) is 0 Å². The van der Waals surface area contributed by atoms with Crippen molar-refractivity contribution >= 4 is 28.3 Å². The van der Waals surface area contributed by atoms with Crippen molar-refractivity contribution in [3.8, 4) is 0 Å². The molecule has 0 aliphatic heterocycles. The molecule has 6 nitrogen and oxygen atoms in total. The van der Waals surface area contributed by atoms with Crippen LogP contribution < -0.4 is 11.1 Å². The second-order valence-corrected chi connectivity index (χ2v) is 8.68. The van der Waals surface area contributed by atoms with E-state index in [0.29, 0.717) is 39.7 Å². The molecule has 1 aromatic carbocycles. The van der Waals surface area contributed by atoms with Gasteiger partial charge in [-0.1, -0.05) is 50.1 Å². The molecule has 31 heavy (non-hydrogen) atoms. The van der Waals surface area contributed by atoms with Crippen molar-refractivity contribution in [1.29, 1.82) is 0 Å². The van der Waals surface area contributed by atoms with Crippen LogP contribution in [0.1, 0.15) is 43.9 Å². The summed E-state index contributed by atoms with van der Waals surface area (Å²) in [4.78, 5) is 35.0. The van der Waals surface area contributed by atoms with Crippen LogP contribution in [0.15, 0.2) is 63.4 Å². The molecule has 0 saturated carbocycles. The molecule has 0 aliphatic carbocycles. The first-order chi connectivity index (χ1) is 15.1. The van der Waals surface area contributed by atoms with Crippen molar-refractivity contribution in [2.24, 2.45) is 0 Å². The summed E-state index contributed by atoms with van der Waals surface area (Å²) in [5, 5.41) is 1.31. The number of pyridine rings is 1. The van der Waals surface area contributed by atoms with E-state index in [1.807, 2.05) is 43.3 Å². The highest BCUT2D eigenvalue weighted by Gasteiger charge is 2.12. The molecular formula is C24H26N4O2S. The molecule has 0 atom stereocenters. The summed E-state index contributed by atoms with van der Waals surface area (Å²) in [6, 6.07) is 12.8. The van der Waals surface area contributed by atoms with Gasteiger partial charge >= 0.3 is 0 Å². The lowest BCUT2D eigenvalue weighted by molar-refractivity contribution is 0.531. The van der Waals surface area contributed by atoms with Gasteiger partial charge in [0.15, 0.2) is 5.16 Å². The number of aromatic nitrogens is 4. The van der Waals surface area contributed by atoms with Gasteiger partial charge in [0.05, 0.1) is 16.6 Å². The van der Waals surface area contributed by atoms with E-state index >= 15 is 0 Å². The van der Waals surface area contributed by atoms with E-state index in [4.69, 9.17) is 4.98 Å². The third kappa shape index (κ3) is 4.71. The third-order valence-corrected chi connectivity index (χ3v) is 6.30. The number of nitrogens with zero attached hydrogens (tertiary/aromatic N) is 4. The molecule has 0 fully saturated rings. The maximum Gasteiger partial charge on any atom is 0.262 e. The highest BCUT2D eigenvalue weighted by atomic mass is 32.2. The van der Waals surface area contributed by atoms with Gasteiger partial charge in [0.25, 0.3) is 11.1 Å². The van der Waals surface area contributed by atoms with Crippen molar-refractivity contribution in [2.45, 2.75) is 57.0 Å². The van der Waals surface area contributed by atoms with Crippen LogP contribution in [0.4, 0.5) is 0 Å². The standard InChI is InChI=1S/C24H26N4O2S/c1-3-4-5-8-12-28-23(30)19-9-6-7-10-20(19)26-24(28)31-16-18-15-22(29)27-13-11-17(2)14-21(27)25-18/h6-7,9-11,13-15H,3-5,8,12,16H2,1-2H3. The summed E-state index contributed by atoms with van der Waals surface area (Å²) in [5.74, 6) is 0.472. The smallest absolute Gasteiger partial charge is 0.262 e. The summed E-state index contributed by atoms with van der Waals surface area (Å²) < 4.78 is 3.32. The normalized spacial score (nSPS) is 11.4. The zero-order valence-electron chi connectivity index (χ0n) is 17.9. The van der Waals surface area contributed by atoms with Gasteiger partial charge in [-0.05, 0) is 43.2 Å². The van der Waals surface area contributed by atoms with Gasteiger partial charge < -0.3 is 0 Å². The van der Waals surface area contributed by atoms with Crippen molar-refractivity contribution < 1.29 is 0 Å². The Kier molecular flexibility index (Phi) is 6.51. The largest absolute Gasteiger partial charge is 0.287 e. The molecule has 4 aromatic rings. The first-order valence-corrected chi connectivity index (χ1v) is 11.7. The lowest BCUT2D eigenvalue weighted by Gasteiger charge is -2.13. The van der Waals surface area contributed by atoms with Crippen LogP contribution in [0.5, 0.6) is 0 Å². The van der Waals surface area contributed by atoms with E-state index in [1.54, 1.807) is 21.2 Å². The number of benzene rings is 1. The number of thioether (sulfide) groups is 1. The fourth-order valence-corrected chi connectivity index (χ4v) is 4.54. The average molecular weight is 435 g/mol. The Morgan fingerprint density at radius 2 is 1.84 bits per heavy atom. The number of rotatable bonds is 8. The van der Waals surface area contributed by atoms with Crippen LogP contribution in [0, 0.1) is 6.92 Å². The van der Waals surface area contributed by atoms with Crippen LogP contribution >= 0.6 is 11.8 Å². The van der Waals surface area contributed by atoms with Gasteiger partial charge in [0, 0.05) is 24.6 Å². The van der Waals surface area contributed by atoms with Crippen molar-refractivity contribution in [2.75, 3.05) is 0 Å². The first-order valence-electron chi connectivity index (χ1n) is 10.7. The Hall–Kier alpha value is -2.93. The van der Waals surface area contributed by atoms with Gasteiger partial charge in [-0.3, -0.25) is 18.6 Å². The Bertz CT molecular complexity index is 1340. The summed E-state index contributed by atoms with van der Waals surface area (Å²) in [7, 11) is 0. The molecule has 4 rings (SSSR count). The predicted molar refractivity (Wildman–Crippen MR) is 126 cm³/mol. The lowest BCUT2D eigenvalue weighted by atomic mass is 10.2. The van der Waals surface area contributed by atoms with Crippen LogP contribution in [0.25, 0.3) is 16.6 Å². The van der Waals surface area contributed by atoms with Crippen molar-refractivity contribution in [3.63, 3.8) is 0 Å². The molecule has 0 radical (unpaired) electrons. The molecule has 0 bridgehead atoms. The Balaban J connectivity index is 1.66. The second kappa shape index (κ2) is 9.47. The number of fused-ring (bicyclic) bond motifs is 2. The highest BCUT2D eigenvalue weighted by Crippen LogP contribution is 2.22. The topological polar surface area (TPSA) is 69.3 Å². The zero-order valence-corrected chi connectivity index (χ0v) is 18.7. The summed E-state index contributed by atoms with van der Waals surface area (Å²) in [6.07, 6.45) is 6.08. The first kappa shape index (κ1) is 21.3. The molecule has 0 saturated heterocycles. The average Bonchev–Trinajstić information content (AvgIpc) is 2.76. The van der Waals surface area contributed by atoms with E-state index in [2.05, 4.69) is 11.9 Å². The molecule has 0 aliphatic rings. The van der Waals surface area contributed by atoms with Crippen LogP contribution in [-0.2, 0) is 12.3 Å². The van der Waals surface area contributed by atoms with Crippen LogP contribution in [0.3, 0.4) is 0 Å². The monoisotopic (exact) mass is 434 g/mol. The van der Waals surface area contributed by atoms with Gasteiger partial charge in [-0.25, -0.2) is 9.97 Å². The van der Waals surface area contributed by atoms with E-state index in [-0.39, 0.29) is 11.1 Å². The van der Waals surface area contributed by atoms with Crippen molar-refractivity contribution in [1.82, 2.24) is 18.9 Å². The third-order valence-electron chi connectivity index (χ3n) is 5.29. The molecule has 0 spiro atoms. The zero-order chi connectivity index (χ0) is 21.8. The summed E-state index contributed by atoms with van der Waals surface area (Å²) >= 11 is 1.46. The summed E-state index contributed by atoms with van der Waals surface area (Å²) in [5.41, 5.74) is 2.94. The van der Waals surface area contributed by atoms with Gasteiger partial charge in [-0.2, -0.15) is 0 Å². The second-order valence-electron chi connectivity index (χ2n) is 7.74. The maximum atomic E-state index is 13.1. The number of aryl methyl sites for hydroxylation is 1. The quantitative estimate of drug-likeness (QED) is 0.231. The molecule has 0 N–H and O–H groups in total. The molecule has 3 heterocycles. The minimum atomic E-state index is -0.107. The van der Waals surface area contributed by atoms with E-state index in [1.165, 1.54) is 11.8 Å². The van der Waals surface area contributed by atoms with Crippen LogP contribution in [-0.4, -0.2) is 18.9 Å². The Labute approximate surface area is 185 Å². The van der Waals surface area contributed by atoms with Gasteiger partial charge in [0.1, 0.15) is 5.65 Å². The molecule has 0 amide bonds. The molecule has 160 valence electrons. The molecule has 0 unspecified atom stereocenters. The Morgan fingerprint density at radius 3 is 2.68 bits per heavy atom. The summed E-state index contributed by atoms with van der Waals surface area (Å²) in [6.45, 7) is 4.79. The number of hydrogen-bond donors (Lipinski definition) is 0. The molecule has 3 aromatic heterocycles. The van der Waals surface area contributed by atoms with Crippen LogP contribution in [0.2, 0.25) is 0 Å². The fraction of sp³-hybridized carbons (Fsp3) is 0.333. The number of unbranched alkanes of at least 4 members (excludes halogenated alkanes) is 3. The molecular weight excluding hydrogens is 408 g/mol. The van der Waals surface area contributed by atoms with E-state index in [0.717, 1.165) is 31.2 Å². The van der Waals surface area contributed by atoms with E-state index < -0.39 is 0 Å². The van der Waals surface area contributed by atoms with Gasteiger partial charge in [-0.15, -0.1) is 0 Å². The van der Waals surface area contributed by atoms with E-state index in [9.17, 15) is 9.59 Å². The number of hydrogen-bond acceptors (Lipinski definition) is 5. The SMILES string of the molecule is CCCCCCn1c(SCc2cc(=O)n3ccc(C)cc3n2)nc2ccccc2c1=O.